The molecule has 0 radical (unpaired) electrons. The van der Waals surface area contributed by atoms with Crippen molar-refractivity contribution in [3.63, 3.8) is 0 Å². The third kappa shape index (κ3) is 3.46. The van der Waals surface area contributed by atoms with Gasteiger partial charge in [0.2, 0.25) is 0 Å². The Kier molecular flexibility index (Phi) is 5.45. The number of aliphatic hydroxyl groups is 2. The zero-order valence-electron chi connectivity index (χ0n) is 17.9. The molecule has 4 aliphatic rings. The summed E-state index contributed by atoms with van der Waals surface area (Å²) < 4.78 is 46.8. The second kappa shape index (κ2) is 7.32. The van der Waals surface area contributed by atoms with E-state index in [-0.39, 0.29) is 6.61 Å². The fraction of sp³-hybridized carbons (Fsp3) is 0.947. The second-order valence-corrected chi connectivity index (χ2v) is 8.94. The number of carbonyl (C=O) groups is 1. The summed E-state index contributed by atoms with van der Waals surface area (Å²) in [6.45, 7) is 8.29. The Morgan fingerprint density at radius 1 is 0.967 bits per heavy atom. The third-order valence-corrected chi connectivity index (χ3v) is 5.83. The Labute approximate surface area is 174 Å². The van der Waals surface area contributed by atoms with Gasteiger partial charge in [0.15, 0.2) is 35.9 Å². The Morgan fingerprint density at radius 2 is 1.67 bits per heavy atom. The lowest BCUT2D eigenvalue weighted by Crippen LogP contribution is -2.74. The van der Waals surface area contributed by atoms with Gasteiger partial charge in [0.1, 0.15) is 30.5 Å². The molecule has 11 nitrogen and oxygen atoms in total. The molecule has 4 rings (SSSR count). The molecular formula is C19H30O11. The first kappa shape index (κ1) is 22.3. The molecule has 4 fully saturated rings. The molecule has 0 aliphatic carbocycles. The predicted molar refractivity (Wildman–Crippen MR) is 95.8 cm³/mol. The maximum absolute atomic E-state index is 11.9. The van der Waals surface area contributed by atoms with E-state index in [9.17, 15) is 15.0 Å². The molecular weight excluding hydrogens is 404 g/mol. The molecule has 11 heteroatoms. The first-order chi connectivity index (χ1) is 13.9. The van der Waals surface area contributed by atoms with Crippen LogP contribution in [0.1, 0.15) is 34.6 Å². The van der Waals surface area contributed by atoms with Gasteiger partial charge >= 0.3 is 5.97 Å². The SMILES string of the molecule is CO[C@H]1O[C@]2([C@H](OC(C)=O)[C@@H](O)[C@H]1O)[C@@H]([C@H]1COC(C)(C)O1)O[C@@H]1OC(C)(C)O[C@@H]12. The van der Waals surface area contributed by atoms with Gasteiger partial charge in [-0.1, -0.05) is 0 Å². The Bertz CT molecular complexity index is 681. The van der Waals surface area contributed by atoms with Gasteiger partial charge < -0.3 is 48.1 Å². The highest BCUT2D eigenvalue weighted by Gasteiger charge is 2.75. The van der Waals surface area contributed by atoms with Crippen molar-refractivity contribution < 1.29 is 52.9 Å². The van der Waals surface area contributed by atoms with Crippen molar-refractivity contribution in [3.05, 3.63) is 0 Å². The third-order valence-electron chi connectivity index (χ3n) is 5.83. The summed E-state index contributed by atoms with van der Waals surface area (Å²) in [6.07, 6.45) is -8.98. The van der Waals surface area contributed by atoms with Gasteiger partial charge in [0.05, 0.1) is 6.61 Å². The van der Waals surface area contributed by atoms with Crippen LogP contribution in [0, 0.1) is 0 Å². The van der Waals surface area contributed by atoms with Crippen LogP contribution >= 0.6 is 0 Å². The van der Waals surface area contributed by atoms with Crippen molar-refractivity contribution in [2.75, 3.05) is 13.7 Å². The minimum absolute atomic E-state index is 0.161. The van der Waals surface area contributed by atoms with Crippen LogP contribution in [-0.2, 0) is 42.7 Å². The highest BCUT2D eigenvalue weighted by Crippen LogP contribution is 2.53. The summed E-state index contributed by atoms with van der Waals surface area (Å²) >= 11 is 0. The lowest BCUT2D eigenvalue weighted by atomic mass is 9.77. The van der Waals surface area contributed by atoms with Crippen LogP contribution in [0.2, 0.25) is 0 Å². The van der Waals surface area contributed by atoms with E-state index in [0.717, 1.165) is 0 Å². The Morgan fingerprint density at radius 3 is 2.23 bits per heavy atom. The molecule has 4 aliphatic heterocycles. The molecule has 0 aromatic heterocycles. The van der Waals surface area contributed by atoms with Crippen LogP contribution < -0.4 is 0 Å². The standard InChI is InChI=1S/C19H30O11/c1-8(20)25-13-10(21)11(22)15(23-6)30-19(13)12(9-7-24-17(2,3)27-9)26-16-14(19)28-18(4,5)29-16/h9-16,21-22H,7H2,1-6H3/t9-,10+,11-,12-,13-,14+,15+,16-,19+/m1/s1. The van der Waals surface area contributed by atoms with Crippen LogP contribution in [0.4, 0.5) is 0 Å². The average molecular weight is 434 g/mol. The highest BCUT2D eigenvalue weighted by atomic mass is 16.9. The number of esters is 1. The molecule has 0 aromatic rings. The molecule has 4 saturated heterocycles. The molecule has 4 heterocycles. The van der Waals surface area contributed by atoms with Crippen LogP contribution in [0.15, 0.2) is 0 Å². The number of hydrogen-bond donors (Lipinski definition) is 2. The predicted octanol–water partition coefficient (Wildman–Crippen LogP) is -0.591. The van der Waals surface area contributed by atoms with Crippen molar-refractivity contribution in [1.82, 2.24) is 0 Å². The van der Waals surface area contributed by atoms with Gasteiger partial charge in [-0.05, 0) is 27.7 Å². The van der Waals surface area contributed by atoms with E-state index in [1.54, 1.807) is 27.7 Å². The Balaban J connectivity index is 1.80. The molecule has 0 bridgehead atoms. The topological polar surface area (TPSA) is 131 Å². The Hall–Kier alpha value is -0.890. The zero-order chi connectivity index (χ0) is 22.1. The van der Waals surface area contributed by atoms with E-state index in [1.165, 1.54) is 14.0 Å². The normalized spacial score (nSPS) is 49.3. The minimum Gasteiger partial charge on any atom is -0.456 e. The number of rotatable bonds is 3. The number of aliphatic hydroxyl groups excluding tert-OH is 2. The van der Waals surface area contributed by atoms with E-state index in [1.807, 2.05) is 0 Å². The first-order valence-corrected chi connectivity index (χ1v) is 9.97. The largest absolute Gasteiger partial charge is 0.456 e. The van der Waals surface area contributed by atoms with Crippen molar-refractivity contribution in [2.45, 2.75) is 101 Å². The van der Waals surface area contributed by atoms with Crippen molar-refractivity contribution in [3.8, 4) is 0 Å². The maximum Gasteiger partial charge on any atom is 0.303 e. The van der Waals surface area contributed by atoms with E-state index in [2.05, 4.69) is 0 Å². The number of ether oxygens (including phenoxy) is 8. The van der Waals surface area contributed by atoms with E-state index in [0.29, 0.717) is 0 Å². The van der Waals surface area contributed by atoms with E-state index in [4.69, 9.17) is 37.9 Å². The number of hydrogen-bond acceptors (Lipinski definition) is 11. The van der Waals surface area contributed by atoms with Gasteiger partial charge in [-0.15, -0.1) is 0 Å². The van der Waals surface area contributed by atoms with Crippen molar-refractivity contribution in [2.24, 2.45) is 0 Å². The molecule has 2 N–H and O–H groups in total. The quantitative estimate of drug-likeness (QED) is 0.553. The summed E-state index contributed by atoms with van der Waals surface area (Å²) in [5, 5.41) is 21.4. The fourth-order valence-electron chi connectivity index (χ4n) is 4.72. The summed E-state index contributed by atoms with van der Waals surface area (Å²) in [6, 6.07) is 0. The molecule has 9 atom stereocenters. The van der Waals surface area contributed by atoms with Crippen LogP contribution in [0.25, 0.3) is 0 Å². The summed E-state index contributed by atoms with van der Waals surface area (Å²) in [7, 11) is 1.33. The summed E-state index contributed by atoms with van der Waals surface area (Å²) in [5.41, 5.74) is -1.60. The van der Waals surface area contributed by atoms with Crippen molar-refractivity contribution in [1.29, 1.82) is 0 Å². The molecule has 0 amide bonds. The van der Waals surface area contributed by atoms with Crippen LogP contribution in [-0.4, -0.2) is 96.3 Å². The number of carbonyl (C=O) groups excluding carboxylic acids is 1. The van der Waals surface area contributed by atoms with Gasteiger partial charge in [-0.3, -0.25) is 4.79 Å². The second-order valence-electron chi connectivity index (χ2n) is 8.94. The van der Waals surface area contributed by atoms with E-state index >= 15 is 0 Å². The van der Waals surface area contributed by atoms with Gasteiger partial charge in [0.25, 0.3) is 0 Å². The number of fused-ring (bicyclic) bond motifs is 2. The minimum atomic E-state index is -1.60. The number of methoxy groups -OCH3 is 1. The molecule has 0 aromatic carbocycles. The van der Waals surface area contributed by atoms with Gasteiger partial charge in [-0.25, -0.2) is 0 Å². The molecule has 30 heavy (non-hydrogen) atoms. The zero-order valence-corrected chi connectivity index (χ0v) is 17.9. The molecule has 0 saturated carbocycles. The molecule has 0 unspecified atom stereocenters. The summed E-state index contributed by atoms with van der Waals surface area (Å²) in [5.74, 6) is -2.57. The lowest BCUT2D eigenvalue weighted by molar-refractivity contribution is -0.363. The highest BCUT2D eigenvalue weighted by molar-refractivity contribution is 5.66. The van der Waals surface area contributed by atoms with E-state index < -0.39 is 72.3 Å². The van der Waals surface area contributed by atoms with Crippen LogP contribution in [0.3, 0.4) is 0 Å². The van der Waals surface area contributed by atoms with Crippen LogP contribution in [0.5, 0.6) is 0 Å². The first-order valence-electron chi connectivity index (χ1n) is 9.97. The fourth-order valence-corrected chi connectivity index (χ4v) is 4.72. The molecule has 172 valence electrons. The smallest absolute Gasteiger partial charge is 0.303 e. The monoisotopic (exact) mass is 434 g/mol. The molecule has 1 spiro atoms. The van der Waals surface area contributed by atoms with Gasteiger partial charge in [-0.2, -0.15) is 0 Å². The van der Waals surface area contributed by atoms with Gasteiger partial charge in [0, 0.05) is 14.0 Å². The summed E-state index contributed by atoms with van der Waals surface area (Å²) in [4.78, 5) is 11.9. The van der Waals surface area contributed by atoms with Crippen molar-refractivity contribution >= 4 is 5.97 Å². The average Bonchev–Trinajstić information content (AvgIpc) is 3.24. The lowest BCUT2D eigenvalue weighted by Gasteiger charge is -2.51. The maximum atomic E-state index is 11.9.